The largest absolute Gasteiger partial charge is 0.494 e. The summed E-state index contributed by atoms with van der Waals surface area (Å²) in [5.41, 5.74) is 4.11. The van der Waals surface area contributed by atoms with Crippen LogP contribution in [-0.4, -0.2) is 28.7 Å². The van der Waals surface area contributed by atoms with Crippen LogP contribution in [0.3, 0.4) is 0 Å². The molecule has 144 valence electrons. The van der Waals surface area contributed by atoms with E-state index in [0.29, 0.717) is 10.8 Å². The first kappa shape index (κ1) is 19.0. The summed E-state index contributed by atoms with van der Waals surface area (Å²) in [5, 5.41) is 4.77. The maximum Gasteiger partial charge on any atom is 0.290 e. The molecule has 2 amide bonds. The standard InChI is InChI=1S/C19H17FN4O4/c1-3-24-19(27)13-7-5-4-6-12(13)16(23-24)18(26)22-21-17(25)11-8-9-15(28-2)14(20)10-11/h4-10H,3H2,1-2H3,(H,21,25)(H,22,26). The first-order chi connectivity index (χ1) is 13.5. The molecular weight excluding hydrogens is 367 g/mol. The molecule has 3 rings (SSSR count). The first-order valence-corrected chi connectivity index (χ1v) is 8.40. The number of ether oxygens (including phenoxy) is 1. The maximum absolute atomic E-state index is 13.7. The average molecular weight is 384 g/mol. The van der Waals surface area contributed by atoms with Crippen LogP contribution in [0.4, 0.5) is 4.39 Å². The molecule has 2 aromatic carbocycles. The van der Waals surface area contributed by atoms with Crippen LogP contribution in [0.1, 0.15) is 27.8 Å². The number of aromatic nitrogens is 2. The van der Waals surface area contributed by atoms with Crippen LogP contribution >= 0.6 is 0 Å². The lowest BCUT2D eigenvalue weighted by atomic mass is 10.1. The molecule has 8 nitrogen and oxygen atoms in total. The number of nitrogens with zero attached hydrogens (tertiary/aromatic N) is 2. The van der Waals surface area contributed by atoms with Crippen molar-refractivity contribution in [1.82, 2.24) is 20.6 Å². The summed E-state index contributed by atoms with van der Waals surface area (Å²) in [6.45, 7) is 2.01. The molecular formula is C19H17FN4O4. The zero-order chi connectivity index (χ0) is 20.3. The molecule has 1 aromatic heterocycles. The van der Waals surface area contributed by atoms with Gasteiger partial charge in [-0.25, -0.2) is 9.07 Å². The van der Waals surface area contributed by atoms with Crippen molar-refractivity contribution in [2.75, 3.05) is 7.11 Å². The Hall–Kier alpha value is -3.75. The van der Waals surface area contributed by atoms with Gasteiger partial charge in [0.25, 0.3) is 17.4 Å². The van der Waals surface area contributed by atoms with Crippen molar-refractivity contribution in [3.63, 3.8) is 0 Å². The third-order valence-corrected chi connectivity index (χ3v) is 4.09. The van der Waals surface area contributed by atoms with Gasteiger partial charge in [0.1, 0.15) is 0 Å². The van der Waals surface area contributed by atoms with Crippen molar-refractivity contribution in [2.24, 2.45) is 0 Å². The summed E-state index contributed by atoms with van der Waals surface area (Å²) < 4.78 is 19.7. The maximum atomic E-state index is 13.7. The van der Waals surface area contributed by atoms with Crippen molar-refractivity contribution in [2.45, 2.75) is 13.5 Å². The smallest absolute Gasteiger partial charge is 0.290 e. The molecule has 0 atom stereocenters. The molecule has 0 aliphatic rings. The molecule has 28 heavy (non-hydrogen) atoms. The molecule has 0 aliphatic heterocycles. The van der Waals surface area contributed by atoms with Gasteiger partial charge in [-0.05, 0) is 31.2 Å². The molecule has 1 heterocycles. The van der Waals surface area contributed by atoms with E-state index in [2.05, 4.69) is 16.0 Å². The first-order valence-electron chi connectivity index (χ1n) is 8.40. The Balaban J connectivity index is 1.84. The van der Waals surface area contributed by atoms with E-state index < -0.39 is 17.6 Å². The zero-order valence-electron chi connectivity index (χ0n) is 15.2. The summed E-state index contributed by atoms with van der Waals surface area (Å²) in [6.07, 6.45) is 0. The van der Waals surface area contributed by atoms with Crippen LogP contribution in [-0.2, 0) is 6.54 Å². The number of fused-ring (bicyclic) bond motifs is 1. The number of carbonyl (C=O) groups excluding carboxylic acids is 2. The quantitative estimate of drug-likeness (QED) is 0.666. The number of hydrazine groups is 1. The molecule has 0 bridgehead atoms. The van der Waals surface area contributed by atoms with Crippen LogP contribution in [0.25, 0.3) is 10.8 Å². The Morgan fingerprint density at radius 3 is 2.43 bits per heavy atom. The van der Waals surface area contributed by atoms with Crippen molar-refractivity contribution >= 4 is 22.6 Å². The van der Waals surface area contributed by atoms with E-state index in [1.165, 1.54) is 19.2 Å². The number of nitrogens with one attached hydrogen (secondary N) is 2. The predicted octanol–water partition coefficient (Wildman–Crippen LogP) is 1.64. The number of methoxy groups -OCH3 is 1. The number of hydrogen-bond donors (Lipinski definition) is 2. The van der Waals surface area contributed by atoms with Crippen LogP contribution in [0.15, 0.2) is 47.3 Å². The van der Waals surface area contributed by atoms with Crippen LogP contribution in [0, 0.1) is 5.82 Å². The minimum Gasteiger partial charge on any atom is -0.494 e. The predicted molar refractivity (Wildman–Crippen MR) is 99.6 cm³/mol. The van der Waals surface area contributed by atoms with E-state index >= 15 is 0 Å². The van der Waals surface area contributed by atoms with E-state index in [-0.39, 0.29) is 29.1 Å². The molecule has 9 heteroatoms. The topological polar surface area (TPSA) is 102 Å². The zero-order valence-corrected chi connectivity index (χ0v) is 15.2. The van der Waals surface area contributed by atoms with Gasteiger partial charge in [0, 0.05) is 17.5 Å². The fourth-order valence-corrected chi connectivity index (χ4v) is 2.67. The molecule has 0 fully saturated rings. The summed E-state index contributed by atoms with van der Waals surface area (Å²) in [5.74, 6) is -2.13. The molecule has 0 unspecified atom stereocenters. The van der Waals surface area contributed by atoms with Gasteiger partial charge in [-0.1, -0.05) is 18.2 Å². The number of aryl methyl sites for hydroxylation is 1. The van der Waals surface area contributed by atoms with E-state index in [0.717, 1.165) is 10.7 Å². The Bertz CT molecular complexity index is 1130. The molecule has 2 N–H and O–H groups in total. The minimum atomic E-state index is -0.719. The highest BCUT2D eigenvalue weighted by Crippen LogP contribution is 2.17. The third-order valence-electron chi connectivity index (χ3n) is 4.09. The van der Waals surface area contributed by atoms with Gasteiger partial charge in [0.05, 0.1) is 12.5 Å². The van der Waals surface area contributed by atoms with Gasteiger partial charge in [0.2, 0.25) is 0 Å². The highest BCUT2D eigenvalue weighted by molar-refractivity contribution is 6.06. The second-order valence-corrected chi connectivity index (χ2v) is 5.77. The van der Waals surface area contributed by atoms with Gasteiger partial charge >= 0.3 is 0 Å². The minimum absolute atomic E-state index is 0.00178. The van der Waals surface area contributed by atoms with Crippen molar-refractivity contribution < 1.29 is 18.7 Å². The van der Waals surface area contributed by atoms with Crippen molar-refractivity contribution in [3.05, 3.63) is 69.9 Å². The molecule has 3 aromatic rings. The number of benzene rings is 2. The Kier molecular flexibility index (Phi) is 5.35. The second-order valence-electron chi connectivity index (χ2n) is 5.77. The highest BCUT2D eigenvalue weighted by Gasteiger charge is 2.17. The van der Waals surface area contributed by atoms with Gasteiger partial charge in [-0.15, -0.1) is 0 Å². The van der Waals surface area contributed by atoms with Crippen LogP contribution in [0.5, 0.6) is 5.75 Å². The second kappa shape index (κ2) is 7.87. The number of halogens is 1. The van der Waals surface area contributed by atoms with Crippen LogP contribution < -0.4 is 21.1 Å². The third kappa shape index (κ3) is 3.54. The highest BCUT2D eigenvalue weighted by atomic mass is 19.1. The number of carbonyl (C=O) groups is 2. The normalized spacial score (nSPS) is 10.5. The van der Waals surface area contributed by atoms with Crippen molar-refractivity contribution in [1.29, 1.82) is 0 Å². The van der Waals surface area contributed by atoms with E-state index in [4.69, 9.17) is 4.74 Å². The number of amides is 2. The number of hydrogen-bond acceptors (Lipinski definition) is 5. The average Bonchev–Trinajstić information content (AvgIpc) is 2.72. The van der Waals surface area contributed by atoms with E-state index in [1.54, 1.807) is 31.2 Å². The summed E-state index contributed by atoms with van der Waals surface area (Å²) in [7, 11) is 1.31. The van der Waals surface area contributed by atoms with Gasteiger partial charge in [0.15, 0.2) is 17.3 Å². The van der Waals surface area contributed by atoms with Crippen molar-refractivity contribution in [3.8, 4) is 5.75 Å². The Morgan fingerprint density at radius 1 is 1.11 bits per heavy atom. The SMILES string of the molecule is CCn1nc(C(=O)NNC(=O)c2ccc(OC)c(F)c2)c2ccccc2c1=O. The fraction of sp³-hybridized carbons (Fsp3) is 0.158. The molecule has 0 radical (unpaired) electrons. The van der Waals surface area contributed by atoms with Gasteiger partial charge in [-0.3, -0.25) is 25.2 Å². The molecule has 0 saturated heterocycles. The van der Waals surface area contributed by atoms with Crippen LogP contribution in [0.2, 0.25) is 0 Å². The fourth-order valence-electron chi connectivity index (χ4n) is 2.67. The molecule has 0 aliphatic carbocycles. The van der Waals surface area contributed by atoms with E-state index in [9.17, 15) is 18.8 Å². The Labute approximate surface area is 158 Å². The number of rotatable bonds is 4. The Morgan fingerprint density at radius 2 is 1.79 bits per heavy atom. The van der Waals surface area contributed by atoms with Gasteiger partial charge < -0.3 is 4.74 Å². The lowest BCUT2D eigenvalue weighted by Crippen LogP contribution is -2.42. The summed E-state index contributed by atoms with van der Waals surface area (Å²) >= 11 is 0. The van der Waals surface area contributed by atoms with E-state index in [1.807, 2.05) is 0 Å². The van der Waals surface area contributed by atoms with Gasteiger partial charge in [-0.2, -0.15) is 5.10 Å². The monoisotopic (exact) mass is 384 g/mol. The lowest BCUT2D eigenvalue weighted by molar-refractivity contribution is 0.0843. The summed E-state index contributed by atoms with van der Waals surface area (Å²) in [6, 6.07) is 10.2. The molecule has 0 spiro atoms. The lowest BCUT2D eigenvalue weighted by Gasteiger charge is -2.11. The summed E-state index contributed by atoms with van der Waals surface area (Å²) in [4.78, 5) is 37.0. The molecule has 0 saturated carbocycles.